The summed E-state index contributed by atoms with van der Waals surface area (Å²) in [6.07, 6.45) is 1.81. The molecule has 1 aromatic heterocycles. The average Bonchev–Trinajstić information content (AvgIpc) is 3.41. The Hall–Kier alpha value is -4.53. The van der Waals surface area contributed by atoms with E-state index < -0.39 is 0 Å². The van der Waals surface area contributed by atoms with Gasteiger partial charge in [-0.2, -0.15) is 5.26 Å². The molecule has 0 N–H and O–H groups in total. The van der Waals surface area contributed by atoms with Gasteiger partial charge in [0, 0.05) is 16.5 Å². The minimum atomic E-state index is -0.0768. The summed E-state index contributed by atoms with van der Waals surface area (Å²) in [6, 6.07) is 33.0. The monoisotopic (exact) mass is 472 g/mol. The molecule has 4 aromatic carbocycles. The van der Waals surface area contributed by atoms with Crippen LogP contribution in [0.5, 0.6) is 5.75 Å². The van der Waals surface area contributed by atoms with Gasteiger partial charge in [0.05, 0.1) is 11.3 Å². The molecule has 0 spiro atoms. The number of carbonyl (C=O) groups excluding carboxylic acids is 1. The van der Waals surface area contributed by atoms with Crippen LogP contribution in [0, 0.1) is 11.3 Å². The third-order valence-electron chi connectivity index (χ3n) is 5.58. The molecule has 1 heterocycles. The van der Waals surface area contributed by atoms with E-state index in [4.69, 9.17) is 9.72 Å². The predicted molar refractivity (Wildman–Crippen MR) is 141 cm³/mol. The van der Waals surface area contributed by atoms with Crippen molar-refractivity contribution in [1.29, 1.82) is 5.26 Å². The number of hydrogen-bond donors (Lipinski definition) is 0. The van der Waals surface area contributed by atoms with Crippen LogP contribution >= 0.6 is 11.3 Å². The molecule has 5 aromatic rings. The van der Waals surface area contributed by atoms with Crippen molar-refractivity contribution in [2.24, 2.45) is 0 Å². The molecule has 5 heteroatoms. The predicted octanol–water partition coefficient (Wildman–Crippen LogP) is 7.29. The van der Waals surface area contributed by atoms with Gasteiger partial charge in [-0.1, -0.05) is 84.9 Å². The van der Waals surface area contributed by atoms with E-state index in [1.807, 2.05) is 60.0 Å². The van der Waals surface area contributed by atoms with Gasteiger partial charge in [0.1, 0.15) is 16.8 Å². The number of benzene rings is 4. The van der Waals surface area contributed by atoms with Crippen LogP contribution in [0.2, 0.25) is 0 Å². The summed E-state index contributed by atoms with van der Waals surface area (Å²) in [5.41, 5.74) is 3.88. The lowest BCUT2D eigenvalue weighted by Gasteiger charge is -2.06. The molecule has 0 amide bonds. The summed E-state index contributed by atoms with van der Waals surface area (Å²) in [4.78, 5) is 17.0. The largest absolute Gasteiger partial charge is 0.485 e. The first-order valence-corrected chi connectivity index (χ1v) is 12.0. The van der Waals surface area contributed by atoms with E-state index in [0.717, 1.165) is 27.6 Å². The Bertz CT molecular complexity index is 1560. The number of carbonyl (C=O) groups is 1. The smallest absolute Gasteiger partial charge is 0.200 e. The van der Waals surface area contributed by atoms with Crippen LogP contribution in [-0.4, -0.2) is 17.4 Å². The van der Waals surface area contributed by atoms with E-state index in [2.05, 4.69) is 30.3 Å². The van der Waals surface area contributed by atoms with Crippen molar-refractivity contribution < 1.29 is 9.53 Å². The van der Waals surface area contributed by atoms with E-state index in [9.17, 15) is 10.1 Å². The van der Waals surface area contributed by atoms with Gasteiger partial charge in [0.25, 0.3) is 0 Å². The summed E-state index contributed by atoms with van der Waals surface area (Å²) in [7, 11) is 0. The van der Waals surface area contributed by atoms with E-state index in [1.165, 1.54) is 11.3 Å². The summed E-state index contributed by atoms with van der Waals surface area (Å²) >= 11 is 1.45. The highest BCUT2D eigenvalue weighted by atomic mass is 32.1. The Morgan fingerprint density at radius 1 is 0.914 bits per heavy atom. The average molecular weight is 473 g/mol. The number of rotatable bonds is 7. The van der Waals surface area contributed by atoms with Crippen molar-refractivity contribution in [2.75, 3.05) is 6.61 Å². The molecule has 0 unspecified atom stereocenters. The van der Waals surface area contributed by atoms with Gasteiger partial charge < -0.3 is 4.74 Å². The Kier molecular flexibility index (Phi) is 6.47. The molecule has 0 aliphatic rings. The lowest BCUT2D eigenvalue weighted by atomic mass is 10.0. The normalized spacial score (nSPS) is 11.2. The number of Topliss-reactive ketones (excluding diaryl/α,β-unsaturated/α-hetero) is 1. The molecule has 168 valence electrons. The number of ether oxygens (including phenoxy) is 1. The number of fused-ring (bicyclic) bond motifs is 1. The fourth-order valence-electron chi connectivity index (χ4n) is 3.79. The van der Waals surface area contributed by atoms with Gasteiger partial charge in [-0.25, -0.2) is 4.98 Å². The minimum Gasteiger partial charge on any atom is -0.485 e. The van der Waals surface area contributed by atoms with Crippen molar-refractivity contribution in [3.8, 4) is 23.1 Å². The Morgan fingerprint density at radius 3 is 2.46 bits per heavy atom. The van der Waals surface area contributed by atoms with Crippen LogP contribution in [0.15, 0.2) is 102 Å². The molecule has 0 aliphatic heterocycles. The van der Waals surface area contributed by atoms with Crippen LogP contribution in [0.1, 0.15) is 20.9 Å². The number of allylic oxidation sites excluding steroid dienone is 1. The molecule has 0 bridgehead atoms. The molecule has 0 saturated carbocycles. The molecule has 0 atom stereocenters. The summed E-state index contributed by atoms with van der Waals surface area (Å²) in [6.45, 7) is -0.0291. The van der Waals surface area contributed by atoms with E-state index >= 15 is 0 Å². The van der Waals surface area contributed by atoms with Gasteiger partial charge in [-0.15, -0.1) is 11.3 Å². The van der Waals surface area contributed by atoms with E-state index in [0.29, 0.717) is 21.9 Å². The van der Waals surface area contributed by atoms with Gasteiger partial charge in [0.2, 0.25) is 0 Å². The second kappa shape index (κ2) is 10.2. The molecule has 0 saturated heterocycles. The molecule has 0 aliphatic carbocycles. The summed E-state index contributed by atoms with van der Waals surface area (Å²) in [5, 5.41) is 14.7. The minimum absolute atomic E-state index is 0.0291. The highest BCUT2D eigenvalue weighted by molar-refractivity contribution is 7.11. The van der Waals surface area contributed by atoms with Crippen molar-refractivity contribution in [1.82, 2.24) is 4.98 Å². The Balaban J connectivity index is 1.32. The van der Waals surface area contributed by atoms with Crippen LogP contribution in [-0.2, 0) is 0 Å². The second-order valence-corrected chi connectivity index (χ2v) is 8.74. The van der Waals surface area contributed by atoms with Crippen LogP contribution in [0.4, 0.5) is 0 Å². The van der Waals surface area contributed by atoms with Crippen molar-refractivity contribution in [3.63, 3.8) is 0 Å². The maximum atomic E-state index is 12.2. The highest BCUT2D eigenvalue weighted by Gasteiger charge is 2.12. The molecule has 0 radical (unpaired) electrons. The maximum absolute atomic E-state index is 12.2. The van der Waals surface area contributed by atoms with E-state index in [1.54, 1.807) is 24.3 Å². The number of ketones is 1. The van der Waals surface area contributed by atoms with Gasteiger partial charge in [-0.05, 0) is 34.5 Å². The number of hydrogen-bond acceptors (Lipinski definition) is 5. The van der Waals surface area contributed by atoms with Crippen LogP contribution < -0.4 is 4.74 Å². The molecular weight excluding hydrogens is 452 g/mol. The molecular formula is C30H20N2O2S. The SMILES string of the molecule is N#C/C(=C\c1ccc(OCC(=O)c2ccccc2)cc1)c1nc(-c2cccc3ccccc23)cs1. The number of nitriles is 1. The number of aromatic nitrogens is 1. The fraction of sp³-hybridized carbons (Fsp3) is 0.0333. The van der Waals surface area contributed by atoms with Crippen LogP contribution in [0.25, 0.3) is 33.7 Å². The Morgan fingerprint density at radius 2 is 1.66 bits per heavy atom. The first kappa shape index (κ1) is 22.3. The lowest BCUT2D eigenvalue weighted by molar-refractivity contribution is 0.0921. The number of thiazole rings is 1. The lowest BCUT2D eigenvalue weighted by Crippen LogP contribution is -2.11. The molecule has 35 heavy (non-hydrogen) atoms. The topological polar surface area (TPSA) is 63.0 Å². The molecule has 5 rings (SSSR count). The zero-order valence-electron chi connectivity index (χ0n) is 18.7. The quantitative estimate of drug-likeness (QED) is 0.184. The summed E-state index contributed by atoms with van der Waals surface area (Å²) < 4.78 is 5.64. The van der Waals surface area contributed by atoms with Gasteiger partial charge in [-0.3, -0.25) is 4.79 Å². The first-order chi connectivity index (χ1) is 17.2. The third kappa shape index (κ3) is 5.03. The zero-order valence-corrected chi connectivity index (χ0v) is 19.5. The zero-order chi connectivity index (χ0) is 24.0. The first-order valence-electron chi connectivity index (χ1n) is 11.1. The van der Waals surface area contributed by atoms with Crippen LogP contribution in [0.3, 0.4) is 0 Å². The third-order valence-corrected chi connectivity index (χ3v) is 6.45. The van der Waals surface area contributed by atoms with Gasteiger partial charge >= 0.3 is 0 Å². The molecule has 0 fully saturated rings. The Labute approximate surface area is 207 Å². The van der Waals surface area contributed by atoms with Crippen molar-refractivity contribution in [2.45, 2.75) is 0 Å². The van der Waals surface area contributed by atoms with Gasteiger partial charge in [0.15, 0.2) is 12.4 Å². The van der Waals surface area contributed by atoms with Crippen molar-refractivity contribution >= 4 is 39.5 Å². The van der Waals surface area contributed by atoms with Crippen molar-refractivity contribution in [3.05, 3.63) is 119 Å². The standard InChI is InChI=1S/C30H20N2O2S/c31-18-24(30-32-28(20-35-30)27-12-6-10-22-7-4-5-11-26(22)27)17-21-13-15-25(16-14-21)34-19-29(33)23-8-2-1-3-9-23/h1-17,20H,19H2/b24-17+. The molecule has 4 nitrogen and oxygen atoms in total. The second-order valence-electron chi connectivity index (χ2n) is 7.88. The number of nitrogens with zero attached hydrogens (tertiary/aromatic N) is 2. The van der Waals surface area contributed by atoms with E-state index in [-0.39, 0.29) is 12.4 Å². The maximum Gasteiger partial charge on any atom is 0.200 e. The summed E-state index contributed by atoms with van der Waals surface area (Å²) in [5.74, 6) is 0.518. The highest BCUT2D eigenvalue weighted by Crippen LogP contribution is 2.32. The fourth-order valence-corrected chi connectivity index (χ4v) is 4.58.